The van der Waals surface area contributed by atoms with Crippen molar-refractivity contribution in [1.29, 1.82) is 0 Å². The average Bonchev–Trinajstić information content (AvgIpc) is 2.80. The highest BCUT2D eigenvalue weighted by Gasteiger charge is 2.37. The molecule has 0 spiro atoms. The first-order chi connectivity index (χ1) is 6.07. The molecule has 1 aliphatic rings. The fourth-order valence-corrected chi connectivity index (χ4v) is 1.90. The molecule has 76 valence electrons. The maximum Gasteiger partial charge on any atom is 0.321 e. The predicted octanol–water partition coefficient (Wildman–Crippen LogP) is 1.58. The minimum absolute atomic E-state index is 0.193. The Morgan fingerprint density at radius 2 is 2.08 bits per heavy atom. The molecule has 0 bridgehead atoms. The van der Waals surface area contributed by atoms with Gasteiger partial charge in [-0.05, 0) is 25.3 Å². The van der Waals surface area contributed by atoms with Gasteiger partial charge in [-0.1, -0.05) is 20.8 Å². The van der Waals surface area contributed by atoms with Crippen molar-refractivity contribution in [1.82, 2.24) is 4.90 Å². The van der Waals surface area contributed by atoms with Crippen LogP contribution in [-0.2, 0) is 4.79 Å². The van der Waals surface area contributed by atoms with Gasteiger partial charge in [-0.15, -0.1) is 0 Å². The van der Waals surface area contributed by atoms with Crippen LogP contribution in [0, 0.1) is 5.92 Å². The number of hydrogen-bond donors (Lipinski definition) is 1. The molecule has 0 radical (unpaired) electrons. The third kappa shape index (κ3) is 2.44. The van der Waals surface area contributed by atoms with Gasteiger partial charge < -0.3 is 5.11 Å². The molecule has 1 atom stereocenters. The summed E-state index contributed by atoms with van der Waals surface area (Å²) in [5, 5.41) is 9.08. The van der Waals surface area contributed by atoms with Gasteiger partial charge in [0.05, 0.1) is 0 Å². The Morgan fingerprint density at radius 3 is 2.31 bits per heavy atom. The Labute approximate surface area is 79.7 Å². The van der Waals surface area contributed by atoms with Crippen LogP contribution in [0.3, 0.4) is 0 Å². The van der Waals surface area contributed by atoms with Crippen molar-refractivity contribution in [3.63, 3.8) is 0 Å². The Kier molecular flexibility index (Phi) is 3.31. The first-order valence-electron chi connectivity index (χ1n) is 5.06. The van der Waals surface area contributed by atoms with E-state index in [9.17, 15) is 4.79 Å². The molecule has 0 heterocycles. The van der Waals surface area contributed by atoms with E-state index in [0.717, 1.165) is 6.54 Å². The third-order valence-electron chi connectivity index (χ3n) is 2.62. The summed E-state index contributed by atoms with van der Waals surface area (Å²) in [4.78, 5) is 13.1. The number of carboxylic acids is 1. The van der Waals surface area contributed by atoms with E-state index in [1.807, 2.05) is 20.8 Å². The minimum Gasteiger partial charge on any atom is -0.480 e. The van der Waals surface area contributed by atoms with Gasteiger partial charge in [0, 0.05) is 6.04 Å². The van der Waals surface area contributed by atoms with Crippen molar-refractivity contribution in [2.75, 3.05) is 6.54 Å². The van der Waals surface area contributed by atoms with Crippen molar-refractivity contribution in [3.8, 4) is 0 Å². The summed E-state index contributed by atoms with van der Waals surface area (Å²) in [5.74, 6) is -0.484. The van der Waals surface area contributed by atoms with Crippen LogP contribution in [0.15, 0.2) is 0 Å². The van der Waals surface area contributed by atoms with Crippen LogP contribution in [0.1, 0.15) is 33.6 Å². The second kappa shape index (κ2) is 4.09. The van der Waals surface area contributed by atoms with E-state index in [1.165, 1.54) is 12.8 Å². The van der Waals surface area contributed by atoms with E-state index in [1.54, 1.807) is 0 Å². The summed E-state index contributed by atoms with van der Waals surface area (Å²) in [7, 11) is 0. The van der Waals surface area contributed by atoms with Gasteiger partial charge in [-0.3, -0.25) is 9.69 Å². The van der Waals surface area contributed by atoms with Crippen LogP contribution < -0.4 is 0 Å². The summed E-state index contributed by atoms with van der Waals surface area (Å²) < 4.78 is 0. The van der Waals surface area contributed by atoms with Gasteiger partial charge in [0.25, 0.3) is 0 Å². The molecule has 3 nitrogen and oxygen atoms in total. The lowest BCUT2D eigenvalue weighted by molar-refractivity contribution is -0.145. The molecule has 1 rings (SSSR count). The molecular formula is C10H19NO2. The van der Waals surface area contributed by atoms with Crippen molar-refractivity contribution >= 4 is 5.97 Å². The third-order valence-corrected chi connectivity index (χ3v) is 2.62. The molecule has 3 heteroatoms. The highest BCUT2D eigenvalue weighted by Crippen LogP contribution is 2.30. The molecule has 1 N–H and O–H groups in total. The molecule has 0 aromatic rings. The van der Waals surface area contributed by atoms with E-state index in [0.29, 0.717) is 6.04 Å². The summed E-state index contributed by atoms with van der Waals surface area (Å²) >= 11 is 0. The Bertz CT molecular complexity index is 187. The number of aliphatic carboxylic acids is 1. The zero-order chi connectivity index (χ0) is 10.0. The second-order valence-corrected chi connectivity index (χ2v) is 4.09. The molecule has 0 saturated heterocycles. The van der Waals surface area contributed by atoms with Crippen molar-refractivity contribution in [2.45, 2.75) is 45.7 Å². The number of hydrogen-bond acceptors (Lipinski definition) is 2. The number of carbonyl (C=O) groups is 1. The molecule has 1 aliphatic carbocycles. The van der Waals surface area contributed by atoms with Crippen LogP contribution in [0.4, 0.5) is 0 Å². The first-order valence-corrected chi connectivity index (χ1v) is 5.06. The molecule has 0 aliphatic heterocycles. The largest absolute Gasteiger partial charge is 0.480 e. The summed E-state index contributed by atoms with van der Waals surface area (Å²) in [6, 6.07) is 0.242. The van der Waals surface area contributed by atoms with Gasteiger partial charge >= 0.3 is 5.97 Å². The molecule has 1 saturated carbocycles. The molecule has 1 unspecified atom stereocenters. The lowest BCUT2D eigenvalue weighted by Crippen LogP contribution is -2.45. The van der Waals surface area contributed by atoms with Crippen molar-refractivity contribution in [3.05, 3.63) is 0 Å². The zero-order valence-electron chi connectivity index (χ0n) is 8.66. The summed E-state index contributed by atoms with van der Waals surface area (Å²) in [6.07, 6.45) is 2.34. The topological polar surface area (TPSA) is 40.5 Å². The Morgan fingerprint density at radius 1 is 1.54 bits per heavy atom. The molecule has 13 heavy (non-hydrogen) atoms. The summed E-state index contributed by atoms with van der Waals surface area (Å²) in [6.45, 7) is 6.84. The monoisotopic (exact) mass is 185 g/mol. The van der Waals surface area contributed by atoms with Gasteiger partial charge in [0.2, 0.25) is 0 Å². The average molecular weight is 185 g/mol. The second-order valence-electron chi connectivity index (χ2n) is 4.09. The van der Waals surface area contributed by atoms with E-state index in [2.05, 4.69) is 4.90 Å². The van der Waals surface area contributed by atoms with E-state index < -0.39 is 5.97 Å². The van der Waals surface area contributed by atoms with Gasteiger partial charge in [-0.2, -0.15) is 0 Å². The number of carboxylic acid groups (broad SMARTS) is 1. The van der Waals surface area contributed by atoms with E-state index in [-0.39, 0.29) is 12.0 Å². The minimum atomic E-state index is -0.677. The van der Waals surface area contributed by atoms with Crippen LogP contribution in [-0.4, -0.2) is 34.6 Å². The Hall–Kier alpha value is -0.570. The highest BCUT2D eigenvalue weighted by molar-refractivity contribution is 5.73. The maximum atomic E-state index is 11.0. The molecule has 0 amide bonds. The van der Waals surface area contributed by atoms with Gasteiger partial charge in [0.1, 0.15) is 6.04 Å². The highest BCUT2D eigenvalue weighted by atomic mass is 16.4. The van der Waals surface area contributed by atoms with E-state index in [4.69, 9.17) is 5.11 Å². The first kappa shape index (κ1) is 10.5. The van der Waals surface area contributed by atoms with Gasteiger partial charge in [0.15, 0.2) is 0 Å². The van der Waals surface area contributed by atoms with E-state index >= 15 is 0 Å². The van der Waals surface area contributed by atoms with Crippen LogP contribution in [0.2, 0.25) is 0 Å². The molecule has 0 aromatic carbocycles. The number of rotatable bonds is 5. The quantitative estimate of drug-likeness (QED) is 0.707. The smallest absolute Gasteiger partial charge is 0.321 e. The zero-order valence-corrected chi connectivity index (χ0v) is 8.66. The lowest BCUT2D eigenvalue weighted by Gasteiger charge is -2.30. The molecular weight excluding hydrogens is 166 g/mol. The Balaban J connectivity index is 2.65. The molecule has 1 fully saturated rings. The van der Waals surface area contributed by atoms with Crippen LogP contribution in [0.5, 0.6) is 0 Å². The SMILES string of the molecule is CCN(C1CC1)C(C(=O)O)C(C)C. The summed E-state index contributed by atoms with van der Waals surface area (Å²) in [5.41, 5.74) is 0. The lowest BCUT2D eigenvalue weighted by atomic mass is 10.0. The van der Waals surface area contributed by atoms with Gasteiger partial charge in [-0.25, -0.2) is 0 Å². The van der Waals surface area contributed by atoms with Crippen molar-refractivity contribution in [2.24, 2.45) is 5.92 Å². The van der Waals surface area contributed by atoms with Crippen LogP contribution >= 0.6 is 0 Å². The fourth-order valence-electron chi connectivity index (χ4n) is 1.90. The maximum absolute atomic E-state index is 11.0. The predicted molar refractivity (Wildman–Crippen MR) is 51.7 cm³/mol. The number of likely N-dealkylation sites (N-methyl/N-ethyl adjacent to an activating group) is 1. The van der Waals surface area contributed by atoms with Crippen molar-refractivity contribution < 1.29 is 9.90 Å². The number of nitrogens with zero attached hydrogens (tertiary/aromatic N) is 1. The molecule has 0 aromatic heterocycles. The van der Waals surface area contributed by atoms with Crippen LogP contribution in [0.25, 0.3) is 0 Å². The fraction of sp³-hybridized carbons (Fsp3) is 0.900. The normalized spacial score (nSPS) is 19.5. The standard InChI is InChI=1S/C10H19NO2/c1-4-11(8-5-6-8)9(7(2)3)10(12)13/h7-9H,4-6H2,1-3H3,(H,12,13).